The van der Waals surface area contributed by atoms with Gasteiger partial charge in [0.1, 0.15) is 5.82 Å². The summed E-state index contributed by atoms with van der Waals surface area (Å²) >= 11 is 0. The molecular weight excluding hydrogens is 985 g/mol. The number of hydrogen-bond acceptors (Lipinski definition) is 5. The highest BCUT2D eigenvalue weighted by Gasteiger charge is 2.24. The summed E-state index contributed by atoms with van der Waals surface area (Å²) in [5.41, 5.74) is 12.6. The van der Waals surface area contributed by atoms with E-state index in [4.69, 9.17) is 24.9 Å². The van der Waals surface area contributed by atoms with Crippen molar-refractivity contribution in [1.82, 2.24) is 29.5 Å². The van der Waals surface area contributed by atoms with Crippen molar-refractivity contribution in [3.8, 4) is 84.9 Å². The zero-order chi connectivity index (χ0) is 53.4. The van der Waals surface area contributed by atoms with Gasteiger partial charge in [-0.05, 0) is 108 Å². The van der Waals surface area contributed by atoms with Crippen LogP contribution in [0.15, 0.2) is 279 Å². The van der Waals surface area contributed by atoms with E-state index in [0.717, 1.165) is 122 Å². The Morgan fingerprint density at radius 2 is 0.593 bits per heavy atom. The molecule has 0 aliphatic heterocycles. The van der Waals surface area contributed by atoms with Crippen molar-refractivity contribution in [3.63, 3.8) is 0 Å². The van der Waals surface area contributed by atoms with Crippen molar-refractivity contribution in [3.05, 3.63) is 279 Å². The summed E-state index contributed by atoms with van der Waals surface area (Å²) in [5.74, 6) is 1.88. The van der Waals surface area contributed by atoms with E-state index in [1.54, 1.807) is 0 Å². The molecule has 0 aliphatic rings. The average molecular weight is 1030 g/mol. The molecular formula is C75H46N6. The molecule has 0 spiro atoms. The molecule has 0 saturated carbocycles. The molecule has 16 rings (SSSR count). The van der Waals surface area contributed by atoms with Crippen LogP contribution in [0.1, 0.15) is 0 Å². The van der Waals surface area contributed by atoms with Crippen LogP contribution in [0.25, 0.3) is 161 Å². The Kier molecular flexibility index (Phi) is 10.8. The predicted octanol–water partition coefficient (Wildman–Crippen LogP) is 19.2. The summed E-state index contributed by atoms with van der Waals surface area (Å²) in [6, 6.07) is 98.6. The third kappa shape index (κ3) is 7.83. The van der Waals surface area contributed by atoms with Crippen molar-refractivity contribution in [2.45, 2.75) is 0 Å². The standard InChI is InChI=1S/C75H46N6/c1-4-22-47(23-5-1)67-45-69(65-43-49-26-10-12-30-55(49)57-32-14-16-36-61(57)65)78-73(76-67)51-40-52(74-77-68(48-24-6-2-7-25-48)46-70(79-74)66-44-50-27-11-13-31-56(50)58-33-15-17-37-62(58)66)42-53(41-51)75-80-71-63-38-20-18-34-59(63)60-35-19-21-39-64(60)72(71)81(75)54-28-8-3-9-29-54/h1-46H. The third-order valence-corrected chi connectivity index (χ3v) is 15.9. The smallest absolute Gasteiger partial charge is 0.160 e. The lowest BCUT2D eigenvalue weighted by molar-refractivity contribution is 1.10. The van der Waals surface area contributed by atoms with Gasteiger partial charge in [-0.2, -0.15) is 0 Å². The number of benzene rings is 13. The fourth-order valence-electron chi connectivity index (χ4n) is 12.2. The summed E-state index contributed by atoms with van der Waals surface area (Å²) in [6.07, 6.45) is 0. The van der Waals surface area contributed by atoms with Gasteiger partial charge in [0.05, 0.1) is 33.8 Å². The molecule has 3 aromatic heterocycles. The number of para-hydroxylation sites is 1. The maximum atomic E-state index is 5.78. The minimum absolute atomic E-state index is 0.560. The Hall–Kier alpha value is -11.0. The van der Waals surface area contributed by atoms with Crippen LogP contribution in [0.4, 0.5) is 0 Å². The molecule has 0 atom stereocenters. The Morgan fingerprint density at radius 1 is 0.235 bits per heavy atom. The molecule has 0 N–H and O–H groups in total. The maximum Gasteiger partial charge on any atom is 0.160 e. The Labute approximate surface area is 466 Å². The molecule has 0 unspecified atom stereocenters. The first-order valence-corrected chi connectivity index (χ1v) is 27.4. The number of nitrogens with zero attached hydrogens (tertiary/aromatic N) is 6. The van der Waals surface area contributed by atoms with E-state index >= 15 is 0 Å². The molecule has 3 heterocycles. The van der Waals surface area contributed by atoms with Crippen LogP contribution in [-0.4, -0.2) is 29.5 Å². The summed E-state index contributed by atoms with van der Waals surface area (Å²) < 4.78 is 2.33. The second-order valence-corrected chi connectivity index (χ2v) is 20.7. The van der Waals surface area contributed by atoms with Crippen LogP contribution in [-0.2, 0) is 0 Å². The largest absolute Gasteiger partial charge is 0.292 e. The molecule has 81 heavy (non-hydrogen) atoms. The zero-order valence-electron chi connectivity index (χ0n) is 43.7. The molecule has 376 valence electrons. The number of aromatic nitrogens is 6. The quantitative estimate of drug-likeness (QED) is 0.142. The third-order valence-electron chi connectivity index (χ3n) is 15.9. The van der Waals surface area contributed by atoms with Crippen LogP contribution in [0.2, 0.25) is 0 Å². The molecule has 0 fully saturated rings. The van der Waals surface area contributed by atoms with E-state index in [0.29, 0.717) is 11.6 Å². The van der Waals surface area contributed by atoms with Crippen LogP contribution >= 0.6 is 0 Å². The fourth-order valence-corrected chi connectivity index (χ4v) is 12.2. The highest BCUT2D eigenvalue weighted by Crippen LogP contribution is 2.43. The average Bonchev–Trinajstić information content (AvgIpc) is 4.01. The first kappa shape index (κ1) is 46.2. The second-order valence-electron chi connectivity index (χ2n) is 20.7. The fraction of sp³-hybridized carbons (Fsp3) is 0. The van der Waals surface area contributed by atoms with Crippen LogP contribution in [0, 0.1) is 0 Å². The number of rotatable bonds is 8. The predicted molar refractivity (Wildman–Crippen MR) is 335 cm³/mol. The Bertz CT molecular complexity index is 4940. The lowest BCUT2D eigenvalue weighted by atomic mass is 9.94. The van der Waals surface area contributed by atoms with Crippen molar-refractivity contribution in [2.75, 3.05) is 0 Å². The molecule has 6 heteroatoms. The minimum atomic E-state index is 0.560. The van der Waals surface area contributed by atoms with E-state index in [-0.39, 0.29) is 0 Å². The number of hydrogen-bond donors (Lipinski definition) is 0. The van der Waals surface area contributed by atoms with Crippen molar-refractivity contribution in [2.24, 2.45) is 0 Å². The minimum Gasteiger partial charge on any atom is -0.292 e. The van der Waals surface area contributed by atoms with E-state index in [2.05, 4.69) is 271 Å². The first-order valence-electron chi connectivity index (χ1n) is 27.4. The number of imidazole rings is 1. The Balaban J connectivity index is 1.02. The molecule has 13 aromatic carbocycles. The summed E-state index contributed by atoms with van der Waals surface area (Å²) in [5, 5.41) is 13.8. The SMILES string of the molecule is c1ccc(-c2cc(-c3cc4ccccc4c4ccccc34)nc(-c3cc(-c4nc(-c5ccccc5)cc(-c5cc6ccccc6c6ccccc56)n4)cc(-c4nc5c6ccccc6c6ccccc6c5n4-c4ccccc4)c3)n2)cc1. The summed E-state index contributed by atoms with van der Waals surface area (Å²) in [6.45, 7) is 0. The van der Waals surface area contributed by atoms with Gasteiger partial charge in [-0.3, -0.25) is 4.57 Å². The van der Waals surface area contributed by atoms with Crippen LogP contribution in [0.5, 0.6) is 0 Å². The lowest BCUT2D eigenvalue weighted by Gasteiger charge is -2.16. The molecule has 0 amide bonds. The van der Waals surface area contributed by atoms with Crippen LogP contribution < -0.4 is 0 Å². The van der Waals surface area contributed by atoms with Gasteiger partial charge < -0.3 is 0 Å². The molecule has 0 radical (unpaired) electrons. The van der Waals surface area contributed by atoms with E-state index < -0.39 is 0 Å². The molecule has 0 bridgehead atoms. The molecule has 6 nitrogen and oxygen atoms in total. The lowest BCUT2D eigenvalue weighted by Crippen LogP contribution is -2.01. The van der Waals surface area contributed by atoms with Crippen molar-refractivity contribution in [1.29, 1.82) is 0 Å². The normalized spacial score (nSPS) is 11.7. The maximum absolute atomic E-state index is 5.78. The van der Waals surface area contributed by atoms with E-state index in [1.807, 2.05) is 12.1 Å². The summed E-state index contributed by atoms with van der Waals surface area (Å²) in [4.78, 5) is 28.1. The highest BCUT2D eigenvalue weighted by molar-refractivity contribution is 6.24. The van der Waals surface area contributed by atoms with Gasteiger partial charge in [-0.25, -0.2) is 24.9 Å². The summed E-state index contributed by atoms with van der Waals surface area (Å²) in [7, 11) is 0. The van der Waals surface area contributed by atoms with Crippen LogP contribution in [0.3, 0.4) is 0 Å². The van der Waals surface area contributed by atoms with Gasteiger partial charge in [-0.1, -0.05) is 224 Å². The van der Waals surface area contributed by atoms with Crippen molar-refractivity contribution < 1.29 is 0 Å². The van der Waals surface area contributed by atoms with E-state index in [1.165, 1.54) is 26.9 Å². The molecule has 16 aromatic rings. The first-order chi connectivity index (χ1) is 40.1. The number of fused-ring (bicyclic) bond motifs is 12. The van der Waals surface area contributed by atoms with Gasteiger partial charge in [0.25, 0.3) is 0 Å². The van der Waals surface area contributed by atoms with Crippen molar-refractivity contribution >= 4 is 75.7 Å². The monoisotopic (exact) mass is 1030 g/mol. The topological polar surface area (TPSA) is 69.4 Å². The molecule has 0 aliphatic carbocycles. The van der Waals surface area contributed by atoms with Gasteiger partial charge >= 0.3 is 0 Å². The van der Waals surface area contributed by atoms with Gasteiger partial charge in [-0.15, -0.1) is 0 Å². The second kappa shape index (κ2) is 18.9. The highest BCUT2D eigenvalue weighted by atomic mass is 15.1. The van der Waals surface area contributed by atoms with E-state index in [9.17, 15) is 0 Å². The zero-order valence-corrected chi connectivity index (χ0v) is 43.7. The van der Waals surface area contributed by atoms with Gasteiger partial charge in [0, 0.05) is 55.4 Å². The van der Waals surface area contributed by atoms with Gasteiger partial charge in [0.15, 0.2) is 11.6 Å². The molecule has 0 saturated heterocycles. The van der Waals surface area contributed by atoms with Gasteiger partial charge in [0.2, 0.25) is 0 Å². The Morgan fingerprint density at radius 3 is 1.09 bits per heavy atom.